The highest BCUT2D eigenvalue weighted by Gasteiger charge is 2.05. The topological polar surface area (TPSA) is 73.3 Å². The summed E-state index contributed by atoms with van der Waals surface area (Å²) < 4.78 is 0. The predicted octanol–water partition coefficient (Wildman–Crippen LogP) is 2.61. The number of aromatic hydroxyl groups is 2. The van der Waals surface area contributed by atoms with Gasteiger partial charge >= 0.3 is 0 Å². The third kappa shape index (κ3) is 2.04. The number of aromatic amines is 1. The molecule has 2 aromatic carbocycles. The molecule has 0 aliphatic heterocycles. The van der Waals surface area contributed by atoms with Gasteiger partial charge in [-0.25, -0.2) is 0 Å². The van der Waals surface area contributed by atoms with Crippen LogP contribution in [0.2, 0.25) is 0 Å². The number of fused-ring (bicyclic) bond motifs is 1. The molecule has 0 radical (unpaired) electrons. The Hall–Kier alpha value is -2.75. The van der Waals surface area contributed by atoms with E-state index >= 15 is 0 Å². The van der Waals surface area contributed by atoms with Gasteiger partial charge in [0.05, 0.1) is 0 Å². The molecular weight excluding hydrogens is 242 g/mol. The number of pyridine rings is 1. The van der Waals surface area contributed by atoms with Crippen LogP contribution in [0.25, 0.3) is 22.2 Å². The van der Waals surface area contributed by atoms with E-state index in [2.05, 4.69) is 4.98 Å². The van der Waals surface area contributed by atoms with Crippen LogP contribution in [0.15, 0.2) is 53.3 Å². The summed E-state index contributed by atoms with van der Waals surface area (Å²) in [7, 11) is 0. The molecule has 0 aliphatic carbocycles. The predicted molar refractivity (Wildman–Crippen MR) is 73.3 cm³/mol. The van der Waals surface area contributed by atoms with E-state index in [0.717, 1.165) is 5.56 Å². The van der Waals surface area contributed by atoms with Crippen molar-refractivity contribution in [3.05, 3.63) is 58.8 Å². The Bertz CT molecular complexity index is 804. The van der Waals surface area contributed by atoms with Crippen LogP contribution in [0.4, 0.5) is 0 Å². The van der Waals surface area contributed by atoms with Crippen molar-refractivity contribution in [3.63, 3.8) is 0 Å². The van der Waals surface area contributed by atoms with Gasteiger partial charge in [0.2, 0.25) is 0 Å². The summed E-state index contributed by atoms with van der Waals surface area (Å²) in [5, 5.41) is 19.1. The Kier molecular flexibility index (Phi) is 2.49. The lowest BCUT2D eigenvalue weighted by Gasteiger charge is -2.05. The molecule has 3 N–H and O–H groups in total. The van der Waals surface area contributed by atoms with Gasteiger partial charge < -0.3 is 15.2 Å². The summed E-state index contributed by atoms with van der Waals surface area (Å²) in [5.41, 5.74) is 1.98. The second-order valence-electron chi connectivity index (χ2n) is 4.32. The molecule has 1 aromatic heterocycles. The maximum absolute atomic E-state index is 12.0. The normalized spacial score (nSPS) is 10.7. The van der Waals surface area contributed by atoms with Crippen LogP contribution in [0.5, 0.6) is 11.5 Å². The Morgan fingerprint density at radius 1 is 0.842 bits per heavy atom. The van der Waals surface area contributed by atoms with Crippen LogP contribution in [0.3, 0.4) is 0 Å². The van der Waals surface area contributed by atoms with Gasteiger partial charge in [-0.3, -0.25) is 4.79 Å². The molecule has 4 heteroatoms. The van der Waals surface area contributed by atoms with E-state index in [9.17, 15) is 15.0 Å². The summed E-state index contributed by atoms with van der Waals surface area (Å²) in [4.78, 5) is 15.1. The maximum atomic E-state index is 12.0. The molecule has 0 bridgehead atoms. The lowest BCUT2D eigenvalue weighted by Crippen LogP contribution is -2.02. The lowest BCUT2D eigenvalue weighted by atomic mass is 10.1. The van der Waals surface area contributed by atoms with Gasteiger partial charge in [-0.2, -0.15) is 0 Å². The molecule has 4 nitrogen and oxygen atoms in total. The van der Waals surface area contributed by atoms with Crippen LogP contribution >= 0.6 is 0 Å². The summed E-state index contributed by atoms with van der Waals surface area (Å²) in [5.74, 6) is 0.243. The van der Waals surface area contributed by atoms with Crippen LogP contribution in [0.1, 0.15) is 0 Å². The number of benzene rings is 2. The van der Waals surface area contributed by atoms with Gasteiger partial charge in [-0.15, -0.1) is 0 Å². The first-order chi connectivity index (χ1) is 9.13. The molecule has 3 aromatic rings. The minimum absolute atomic E-state index is 0.0652. The second kappa shape index (κ2) is 4.17. The molecule has 0 saturated carbocycles. The van der Waals surface area contributed by atoms with E-state index in [-0.39, 0.29) is 16.9 Å². The minimum atomic E-state index is -0.160. The zero-order valence-corrected chi connectivity index (χ0v) is 9.92. The van der Waals surface area contributed by atoms with Crippen molar-refractivity contribution in [1.82, 2.24) is 4.98 Å². The second-order valence-corrected chi connectivity index (χ2v) is 4.32. The van der Waals surface area contributed by atoms with Gasteiger partial charge in [0.15, 0.2) is 5.43 Å². The molecule has 0 aliphatic rings. The summed E-state index contributed by atoms with van der Waals surface area (Å²) >= 11 is 0. The van der Waals surface area contributed by atoms with Crippen LogP contribution in [0, 0.1) is 0 Å². The van der Waals surface area contributed by atoms with E-state index in [1.54, 1.807) is 30.3 Å². The zero-order chi connectivity index (χ0) is 13.4. The first kappa shape index (κ1) is 11.3. The number of rotatable bonds is 1. The molecule has 1 heterocycles. The Morgan fingerprint density at radius 3 is 2.26 bits per heavy atom. The van der Waals surface area contributed by atoms with E-state index < -0.39 is 0 Å². The average molecular weight is 253 g/mol. The van der Waals surface area contributed by atoms with Crippen molar-refractivity contribution >= 4 is 10.9 Å². The fourth-order valence-electron chi connectivity index (χ4n) is 2.03. The third-order valence-electron chi connectivity index (χ3n) is 2.99. The minimum Gasteiger partial charge on any atom is -0.508 e. The van der Waals surface area contributed by atoms with E-state index in [1.807, 2.05) is 0 Å². The fourth-order valence-corrected chi connectivity index (χ4v) is 2.03. The quantitative estimate of drug-likeness (QED) is 0.624. The van der Waals surface area contributed by atoms with Crippen molar-refractivity contribution < 1.29 is 10.2 Å². The lowest BCUT2D eigenvalue weighted by molar-refractivity contribution is 0.475. The highest BCUT2D eigenvalue weighted by molar-refractivity contribution is 5.82. The van der Waals surface area contributed by atoms with Gasteiger partial charge in [0.25, 0.3) is 0 Å². The van der Waals surface area contributed by atoms with Crippen LogP contribution in [-0.4, -0.2) is 15.2 Å². The molecule has 0 atom stereocenters. The van der Waals surface area contributed by atoms with Gasteiger partial charge in [0, 0.05) is 22.7 Å². The summed E-state index contributed by atoms with van der Waals surface area (Å²) in [6.45, 7) is 0. The maximum Gasteiger partial charge on any atom is 0.190 e. The first-order valence-corrected chi connectivity index (χ1v) is 5.79. The van der Waals surface area contributed by atoms with Crippen molar-refractivity contribution in [3.8, 4) is 22.8 Å². The largest absolute Gasteiger partial charge is 0.508 e. The Morgan fingerprint density at radius 2 is 1.53 bits per heavy atom. The highest BCUT2D eigenvalue weighted by Crippen LogP contribution is 2.22. The standard InChI is InChI=1S/C15H11NO3/c17-10-3-1-9(2-4-10)14-8-15(19)12-7-11(18)5-6-13(12)16-14/h1-8,17-18H,(H,16,19). The van der Waals surface area contributed by atoms with Crippen molar-refractivity contribution in [2.24, 2.45) is 0 Å². The van der Waals surface area contributed by atoms with Gasteiger partial charge in [0.1, 0.15) is 11.5 Å². The summed E-state index contributed by atoms with van der Waals surface area (Å²) in [6, 6.07) is 12.7. The van der Waals surface area contributed by atoms with E-state index in [0.29, 0.717) is 16.6 Å². The number of hydrogen-bond donors (Lipinski definition) is 3. The van der Waals surface area contributed by atoms with Crippen molar-refractivity contribution in [2.45, 2.75) is 0 Å². The molecule has 3 rings (SSSR count). The number of phenols is 2. The van der Waals surface area contributed by atoms with Crippen LogP contribution in [-0.2, 0) is 0 Å². The SMILES string of the molecule is O=c1cc(-c2ccc(O)cc2)[nH]c2ccc(O)cc12. The molecule has 0 amide bonds. The molecule has 0 saturated heterocycles. The molecule has 0 fully saturated rings. The number of hydrogen-bond acceptors (Lipinski definition) is 3. The number of nitrogens with one attached hydrogen (secondary N) is 1. The monoisotopic (exact) mass is 253 g/mol. The highest BCUT2D eigenvalue weighted by atomic mass is 16.3. The van der Waals surface area contributed by atoms with Crippen LogP contribution < -0.4 is 5.43 Å². The van der Waals surface area contributed by atoms with E-state index in [1.165, 1.54) is 18.2 Å². The molecular formula is C15H11NO3. The number of phenolic OH excluding ortho intramolecular Hbond substituents is 2. The third-order valence-corrected chi connectivity index (χ3v) is 2.99. The molecule has 19 heavy (non-hydrogen) atoms. The first-order valence-electron chi connectivity index (χ1n) is 5.79. The van der Waals surface area contributed by atoms with E-state index in [4.69, 9.17) is 0 Å². The number of aromatic nitrogens is 1. The molecule has 94 valence electrons. The zero-order valence-electron chi connectivity index (χ0n) is 9.92. The summed E-state index contributed by atoms with van der Waals surface area (Å²) in [6.07, 6.45) is 0. The number of H-pyrrole nitrogens is 1. The van der Waals surface area contributed by atoms with Gasteiger partial charge in [-0.1, -0.05) is 0 Å². The average Bonchev–Trinajstić information content (AvgIpc) is 2.40. The fraction of sp³-hybridized carbons (Fsp3) is 0. The van der Waals surface area contributed by atoms with Crippen molar-refractivity contribution in [1.29, 1.82) is 0 Å². The molecule has 0 unspecified atom stereocenters. The van der Waals surface area contributed by atoms with Crippen molar-refractivity contribution in [2.75, 3.05) is 0 Å². The Labute approximate surface area is 108 Å². The smallest absolute Gasteiger partial charge is 0.190 e. The Balaban J connectivity index is 2.24. The molecule has 0 spiro atoms. The van der Waals surface area contributed by atoms with Gasteiger partial charge in [-0.05, 0) is 48.0 Å².